The summed E-state index contributed by atoms with van der Waals surface area (Å²) in [6.07, 6.45) is -0.553. The lowest BCUT2D eigenvalue weighted by Gasteiger charge is -2.19. The number of rotatable bonds is 6. The largest absolute Gasteiger partial charge is 0.496 e. The summed E-state index contributed by atoms with van der Waals surface area (Å²) in [7, 11) is 1.51. The van der Waals surface area contributed by atoms with E-state index >= 15 is 0 Å². The van der Waals surface area contributed by atoms with Crippen molar-refractivity contribution in [1.29, 1.82) is 0 Å². The lowest BCUT2D eigenvalue weighted by molar-refractivity contribution is -0.00248. The first-order valence-electron chi connectivity index (χ1n) is 5.64. The lowest BCUT2D eigenvalue weighted by Crippen LogP contribution is -2.14. The molecule has 0 saturated heterocycles. The maximum absolute atomic E-state index is 13.2. The van der Waals surface area contributed by atoms with Crippen molar-refractivity contribution in [2.45, 2.75) is 20.0 Å². The molecule has 1 aromatic rings. The molecule has 0 aliphatic rings. The molecule has 0 aromatic heterocycles. The van der Waals surface area contributed by atoms with Gasteiger partial charge in [-0.2, -0.15) is 0 Å². The molecule has 1 N–H and O–H groups in total. The summed E-state index contributed by atoms with van der Waals surface area (Å²) in [6.45, 7) is 4.33. The van der Waals surface area contributed by atoms with Crippen molar-refractivity contribution in [2.24, 2.45) is 5.92 Å². The zero-order chi connectivity index (χ0) is 12.8. The summed E-state index contributed by atoms with van der Waals surface area (Å²) >= 11 is 0. The zero-order valence-electron chi connectivity index (χ0n) is 10.4. The highest BCUT2D eigenvalue weighted by atomic mass is 19.1. The van der Waals surface area contributed by atoms with Crippen molar-refractivity contribution in [1.82, 2.24) is 0 Å². The Bertz CT molecular complexity index is 353. The molecule has 0 aliphatic heterocycles. The molecule has 1 rings (SSSR count). The summed E-state index contributed by atoms with van der Waals surface area (Å²) in [5.74, 6) is 0.505. The van der Waals surface area contributed by atoms with Crippen LogP contribution < -0.4 is 4.74 Å². The molecule has 1 atom stereocenters. The van der Waals surface area contributed by atoms with Crippen molar-refractivity contribution in [3.63, 3.8) is 0 Å². The van der Waals surface area contributed by atoms with Gasteiger partial charge in [0.15, 0.2) is 0 Å². The highest BCUT2D eigenvalue weighted by molar-refractivity contribution is 5.35. The number of aliphatic hydroxyl groups is 1. The Kier molecular flexibility index (Phi) is 5.38. The van der Waals surface area contributed by atoms with E-state index < -0.39 is 6.10 Å². The van der Waals surface area contributed by atoms with Gasteiger partial charge in [0.25, 0.3) is 0 Å². The van der Waals surface area contributed by atoms with Gasteiger partial charge in [-0.15, -0.1) is 0 Å². The molecule has 0 saturated carbocycles. The molecule has 0 bridgehead atoms. The molecule has 0 heterocycles. The van der Waals surface area contributed by atoms with Crippen LogP contribution in [0.2, 0.25) is 0 Å². The summed E-state index contributed by atoms with van der Waals surface area (Å²) in [5.41, 5.74) is 0.538. The van der Waals surface area contributed by atoms with Gasteiger partial charge in [0, 0.05) is 12.2 Å². The fourth-order valence-electron chi connectivity index (χ4n) is 1.51. The summed E-state index contributed by atoms with van der Waals surface area (Å²) in [6, 6.07) is 4.19. The number of ether oxygens (including phenoxy) is 2. The number of benzene rings is 1. The topological polar surface area (TPSA) is 38.7 Å². The van der Waals surface area contributed by atoms with Gasteiger partial charge in [0.1, 0.15) is 17.7 Å². The maximum Gasteiger partial charge on any atom is 0.124 e. The van der Waals surface area contributed by atoms with Crippen LogP contribution in [0.25, 0.3) is 0 Å². The van der Waals surface area contributed by atoms with Gasteiger partial charge in [-0.1, -0.05) is 13.8 Å². The molecule has 96 valence electrons. The first kappa shape index (κ1) is 13.9. The van der Waals surface area contributed by atoms with Crippen LogP contribution in [0.3, 0.4) is 0 Å². The Morgan fingerprint density at radius 1 is 1.35 bits per heavy atom. The lowest BCUT2D eigenvalue weighted by atomic mass is 10.1. The van der Waals surface area contributed by atoms with Crippen LogP contribution >= 0.6 is 0 Å². The Hall–Kier alpha value is -1.13. The van der Waals surface area contributed by atoms with Gasteiger partial charge in [0.2, 0.25) is 0 Å². The molecule has 1 aromatic carbocycles. The molecule has 17 heavy (non-hydrogen) atoms. The average molecular weight is 242 g/mol. The smallest absolute Gasteiger partial charge is 0.124 e. The second-order valence-corrected chi connectivity index (χ2v) is 4.28. The van der Waals surface area contributed by atoms with Crippen LogP contribution in [0.4, 0.5) is 4.39 Å². The standard InChI is InChI=1S/C13H19FO3/c1-9(2)8-17-13(7-15)11-6-10(14)4-5-12(11)16-3/h4-6,9,13,15H,7-8H2,1-3H3/t13-/m0/s1. The van der Waals surface area contributed by atoms with E-state index in [1.54, 1.807) is 0 Å². The third-order valence-corrected chi connectivity index (χ3v) is 2.34. The molecule has 0 spiro atoms. The molecule has 0 amide bonds. The van der Waals surface area contributed by atoms with Gasteiger partial charge >= 0.3 is 0 Å². The van der Waals surface area contributed by atoms with Crippen molar-refractivity contribution in [2.75, 3.05) is 20.3 Å². The number of hydrogen-bond acceptors (Lipinski definition) is 3. The summed E-state index contributed by atoms with van der Waals surface area (Å²) in [5, 5.41) is 9.30. The number of methoxy groups -OCH3 is 1. The van der Waals surface area contributed by atoms with Crippen molar-refractivity contribution >= 4 is 0 Å². The van der Waals surface area contributed by atoms with E-state index in [0.717, 1.165) is 0 Å². The first-order valence-corrected chi connectivity index (χ1v) is 5.64. The third-order valence-electron chi connectivity index (χ3n) is 2.34. The second-order valence-electron chi connectivity index (χ2n) is 4.28. The Morgan fingerprint density at radius 3 is 2.59 bits per heavy atom. The van der Waals surface area contributed by atoms with Crippen LogP contribution in [0.5, 0.6) is 5.75 Å². The van der Waals surface area contributed by atoms with Crippen LogP contribution in [-0.2, 0) is 4.74 Å². The SMILES string of the molecule is COc1ccc(F)cc1[C@H](CO)OCC(C)C. The minimum Gasteiger partial charge on any atom is -0.496 e. The van der Waals surface area contributed by atoms with Gasteiger partial charge < -0.3 is 14.6 Å². The van der Waals surface area contributed by atoms with Gasteiger partial charge in [0.05, 0.1) is 13.7 Å². The van der Waals surface area contributed by atoms with Crippen molar-refractivity contribution < 1.29 is 19.0 Å². The van der Waals surface area contributed by atoms with Crippen molar-refractivity contribution in [3.05, 3.63) is 29.6 Å². The van der Waals surface area contributed by atoms with E-state index in [9.17, 15) is 9.50 Å². The van der Waals surface area contributed by atoms with Gasteiger partial charge in [-0.25, -0.2) is 4.39 Å². The number of aliphatic hydroxyl groups excluding tert-OH is 1. The van der Waals surface area contributed by atoms with Gasteiger partial charge in [-0.05, 0) is 24.1 Å². The second kappa shape index (κ2) is 6.57. The molecule has 4 heteroatoms. The predicted octanol–water partition coefficient (Wildman–Crippen LogP) is 2.54. The van der Waals surface area contributed by atoms with E-state index in [2.05, 4.69) is 0 Å². The minimum atomic E-state index is -0.553. The molecule has 3 nitrogen and oxygen atoms in total. The Labute approximate surface area is 101 Å². The van der Waals surface area contributed by atoms with Crippen LogP contribution in [0, 0.1) is 11.7 Å². The third kappa shape index (κ3) is 3.98. The number of hydrogen-bond donors (Lipinski definition) is 1. The van der Waals surface area contributed by atoms with E-state index in [0.29, 0.717) is 23.8 Å². The molecule has 0 radical (unpaired) electrons. The predicted molar refractivity (Wildman–Crippen MR) is 63.6 cm³/mol. The van der Waals surface area contributed by atoms with Crippen LogP contribution in [0.1, 0.15) is 25.5 Å². The minimum absolute atomic E-state index is 0.202. The van der Waals surface area contributed by atoms with E-state index in [1.165, 1.54) is 25.3 Å². The fourth-order valence-corrected chi connectivity index (χ4v) is 1.51. The first-order chi connectivity index (χ1) is 8.08. The molecular weight excluding hydrogens is 223 g/mol. The van der Waals surface area contributed by atoms with Crippen LogP contribution in [0.15, 0.2) is 18.2 Å². The van der Waals surface area contributed by atoms with E-state index in [1.807, 2.05) is 13.8 Å². The zero-order valence-corrected chi connectivity index (χ0v) is 10.4. The Balaban J connectivity index is 2.89. The summed E-state index contributed by atoms with van der Waals surface area (Å²) < 4.78 is 23.9. The molecule has 0 unspecified atom stereocenters. The summed E-state index contributed by atoms with van der Waals surface area (Å²) in [4.78, 5) is 0. The monoisotopic (exact) mass is 242 g/mol. The van der Waals surface area contributed by atoms with Crippen LogP contribution in [-0.4, -0.2) is 25.4 Å². The number of halogens is 1. The molecule has 0 fully saturated rings. The Morgan fingerprint density at radius 2 is 2.06 bits per heavy atom. The van der Waals surface area contributed by atoms with Crippen molar-refractivity contribution in [3.8, 4) is 5.75 Å². The van der Waals surface area contributed by atoms with Gasteiger partial charge in [-0.3, -0.25) is 0 Å². The normalized spacial score (nSPS) is 12.8. The van der Waals surface area contributed by atoms with E-state index in [4.69, 9.17) is 9.47 Å². The molecule has 0 aliphatic carbocycles. The quantitative estimate of drug-likeness (QED) is 0.833. The fraction of sp³-hybridized carbons (Fsp3) is 0.538. The average Bonchev–Trinajstić information content (AvgIpc) is 2.30. The van der Waals surface area contributed by atoms with E-state index in [-0.39, 0.29) is 12.4 Å². The highest BCUT2D eigenvalue weighted by Gasteiger charge is 2.17. The molecular formula is C13H19FO3. The maximum atomic E-state index is 13.2. The highest BCUT2D eigenvalue weighted by Crippen LogP contribution is 2.28.